The summed E-state index contributed by atoms with van der Waals surface area (Å²) in [7, 11) is 0. The zero-order valence-corrected chi connectivity index (χ0v) is 14.2. The van der Waals surface area contributed by atoms with Crippen LogP contribution in [0.3, 0.4) is 0 Å². The fourth-order valence-corrected chi connectivity index (χ4v) is 2.62. The van der Waals surface area contributed by atoms with Crippen molar-refractivity contribution in [3.05, 3.63) is 28.8 Å². The highest BCUT2D eigenvalue weighted by Crippen LogP contribution is 2.22. The van der Waals surface area contributed by atoms with Gasteiger partial charge in [-0.1, -0.05) is 11.6 Å². The van der Waals surface area contributed by atoms with Crippen LogP contribution < -0.4 is 0 Å². The molecule has 2 rings (SSSR count). The van der Waals surface area contributed by atoms with E-state index in [0.29, 0.717) is 26.2 Å². The van der Waals surface area contributed by atoms with Gasteiger partial charge in [0, 0.05) is 38.1 Å². The third kappa shape index (κ3) is 4.17. The molecular formula is C16H19ClN2O5. The van der Waals surface area contributed by atoms with Gasteiger partial charge in [0.15, 0.2) is 6.10 Å². The summed E-state index contributed by atoms with van der Waals surface area (Å²) in [6.07, 6.45) is -1.00. The zero-order chi connectivity index (χ0) is 17.9. The third-order valence-corrected chi connectivity index (χ3v) is 4.08. The van der Waals surface area contributed by atoms with Gasteiger partial charge in [-0.25, -0.2) is 4.79 Å². The molecule has 1 fully saturated rings. The smallest absolute Gasteiger partial charge is 0.342 e. The molecule has 0 radical (unpaired) electrons. The lowest BCUT2D eigenvalue weighted by molar-refractivity contribution is -0.144. The Hall–Kier alpha value is -2.28. The van der Waals surface area contributed by atoms with Crippen molar-refractivity contribution in [1.29, 1.82) is 0 Å². The average molecular weight is 355 g/mol. The molecule has 0 aliphatic carbocycles. The monoisotopic (exact) mass is 354 g/mol. The summed E-state index contributed by atoms with van der Waals surface area (Å²) in [5.74, 6) is -1.46. The summed E-state index contributed by atoms with van der Waals surface area (Å²) >= 11 is 5.79. The Balaban J connectivity index is 1.95. The molecule has 0 bridgehead atoms. The lowest BCUT2D eigenvalue weighted by Crippen LogP contribution is -2.52. The van der Waals surface area contributed by atoms with E-state index >= 15 is 0 Å². The van der Waals surface area contributed by atoms with E-state index < -0.39 is 12.1 Å². The highest BCUT2D eigenvalue weighted by molar-refractivity contribution is 6.31. The number of hydrogen-bond acceptors (Lipinski definition) is 5. The van der Waals surface area contributed by atoms with Crippen molar-refractivity contribution in [2.24, 2.45) is 0 Å². The predicted molar refractivity (Wildman–Crippen MR) is 86.8 cm³/mol. The number of carbonyl (C=O) groups excluding carboxylic acids is 3. The van der Waals surface area contributed by atoms with Gasteiger partial charge in [0.25, 0.3) is 5.91 Å². The Morgan fingerprint density at radius 2 is 1.75 bits per heavy atom. The molecule has 1 aliphatic rings. The fourth-order valence-electron chi connectivity index (χ4n) is 2.45. The average Bonchev–Trinajstić information content (AvgIpc) is 2.56. The number of rotatable bonds is 3. The standard InChI is InChI=1S/C16H19ClN2O5/c1-10(15(22)19-7-5-18(6-8-19)11(2)20)24-16(23)13-9-12(17)3-4-14(13)21/h3-4,9-10,21H,5-8H2,1-2H3/t10-/m1/s1. The van der Waals surface area contributed by atoms with Crippen LogP contribution in [0.15, 0.2) is 18.2 Å². The minimum atomic E-state index is -1.00. The van der Waals surface area contributed by atoms with Crippen LogP contribution in [0.2, 0.25) is 5.02 Å². The first kappa shape index (κ1) is 18.1. The topological polar surface area (TPSA) is 87.2 Å². The van der Waals surface area contributed by atoms with Crippen molar-refractivity contribution < 1.29 is 24.2 Å². The second-order valence-corrected chi connectivity index (χ2v) is 5.98. The zero-order valence-electron chi connectivity index (χ0n) is 13.5. The van der Waals surface area contributed by atoms with Gasteiger partial charge in [-0.3, -0.25) is 9.59 Å². The third-order valence-electron chi connectivity index (χ3n) is 3.85. The first-order chi connectivity index (χ1) is 11.3. The maximum atomic E-state index is 12.3. The quantitative estimate of drug-likeness (QED) is 0.826. The van der Waals surface area contributed by atoms with Crippen molar-refractivity contribution in [3.63, 3.8) is 0 Å². The van der Waals surface area contributed by atoms with E-state index in [0.717, 1.165) is 0 Å². The molecule has 1 aromatic carbocycles. The molecule has 8 heteroatoms. The second-order valence-electron chi connectivity index (χ2n) is 5.54. The Labute approximate surface area is 144 Å². The summed E-state index contributed by atoms with van der Waals surface area (Å²) < 4.78 is 5.13. The molecule has 0 spiro atoms. The SMILES string of the molecule is CC(=O)N1CCN(C(=O)[C@@H](C)OC(=O)c2cc(Cl)ccc2O)CC1. The summed E-state index contributed by atoms with van der Waals surface area (Å²) in [6.45, 7) is 4.65. The van der Waals surface area contributed by atoms with E-state index in [1.165, 1.54) is 32.0 Å². The van der Waals surface area contributed by atoms with Gasteiger partial charge in [-0.15, -0.1) is 0 Å². The maximum Gasteiger partial charge on any atom is 0.342 e. The molecule has 2 amide bonds. The van der Waals surface area contributed by atoms with Crippen LogP contribution in [-0.4, -0.2) is 65.0 Å². The summed E-state index contributed by atoms with van der Waals surface area (Å²) in [4.78, 5) is 38.9. The molecule has 1 heterocycles. The molecule has 0 aromatic heterocycles. The highest BCUT2D eigenvalue weighted by atomic mass is 35.5. The summed E-state index contributed by atoms with van der Waals surface area (Å²) in [5, 5.41) is 9.97. The first-order valence-corrected chi connectivity index (χ1v) is 7.91. The van der Waals surface area contributed by atoms with Crippen LogP contribution in [0.4, 0.5) is 0 Å². The van der Waals surface area contributed by atoms with Crippen LogP contribution in [0, 0.1) is 0 Å². The Morgan fingerprint density at radius 3 is 2.33 bits per heavy atom. The van der Waals surface area contributed by atoms with Crippen molar-refractivity contribution in [1.82, 2.24) is 9.80 Å². The van der Waals surface area contributed by atoms with Gasteiger partial charge in [0.1, 0.15) is 11.3 Å². The van der Waals surface area contributed by atoms with E-state index in [2.05, 4.69) is 0 Å². The molecule has 0 unspecified atom stereocenters. The van der Waals surface area contributed by atoms with E-state index in [4.69, 9.17) is 16.3 Å². The van der Waals surface area contributed by atoms with Crippen LogP contribution in [0.25, 0.3) is 0 Å². The molecule has 1 aromatic rings. The van der Waals surface area contributed by atoms with E-state index in [9.17, 15) is 19.5 Å². The highest BCUT2D eigenvalue weighted by Gasteiger charge is 2.28. The number of aromatic hydroxyl groups is 1. The van der Waals surface area contributed by atoms with Crippen molar-refractivity contribution in [2.45, 2.75) is 20.0 Å². The number of amides is 2. The second kappa shape index (κ2) is 7.53. The number of esters is 1. The minimum Gasteiger partial charge on any atom is -0.507 e. The molecule has 24 heavy (non-hydrogen) atoms. The molecule has 130 valence electrons. The van der Waals surface area contributed by atoms with Gasteiger partial charge in [-0.2, -0.15) is 0 Å². The number of hydrogen-bond donors (Lipinski definition) is 1. The van der Waals surface area contributed by atoms with Crippen molar-refractivity contribution >= 4 is 29.4 Å². The number of piperazine rings is 1. The number of carbonyl (C=O) groups is 3. The van der Waals surface area contributed by atoms with E-state index in [-0.39, 0.29) is 28.1 Å². The number of phenolic OH excluding ortho intramolecular Hbond substituents is 1. The van der Waals surface area contributed by atoms with Gasteiger partial charge in [-0.05, 0) is 25.1 Å². The van der Waals surface area contributed by atoms with Crippen LogP contribution in [-0.2, 0) is 14.3 Å². The van der Waals surface area contributed by atoms with Gasteiger partial charge in [0.05, 0.1) is 0 Å². The molecule has 1 saturated heterocycles. The van der Waals surface area contributed by atoms with Crippen LogP contribution >= 0.6 is 11.6 Å². The Morgan fingerprint density at radius 1 is 1.17 bits per heavy atom. The van der Waals surface area contributed by atoms with Gasteiger partial charge < -0.3 is 19.6 Å². The Kier molecular flexibility index (Phi) is 5.66. The summed E-state index contributed by atoms with van der Waals surface area (Å²) in [6, 6.07) is 4.01. The van der Waals surface area contributed by atoms with E-state index in [1.54, 1.807) is 9.80 Å². The lowest BCUT2D eigenvalue weighted by atomic mass is 10.2. The lowest BCUT2D eigenvalue weighted by Gasteiger charge is -2.35. The molecule has 1 atom stereocenters. The molecular weight excluding hydrogens is 336 g/mol. The normalized spacial score (nSPS) is 15.8. The Bertz CT molecular complexity index is 656. The number of nitrogens with zero attached hydrogens (tertiary/aromatic N) is 2. The van der Waals surface area contributed by atoms with E-state index in [1.807, 2.05) is 0 Å². The summed E-state index contributed by atoms with van der Waals surface area (Å²) in [5.41, 5.74) is -0.0939. The number of ether oxygens (including phenoxy) is 1. The molecule has 0 saturated carbocycles. The maximum absolute atomic E-state index is 12.3. The van der Waals surface area contributed by atoms with Crippen LogP contribution in [0.1, 0.15) is 24.2 Å². The van der Waals surface area contributed by atoms with Crippen molar-refractivity contribution in [3.8, 4) is 5.75 Å². The molecule has 1 N–H and O–H groups in total. The van der Waals surface area contributed by atoms with Crippen molar-refractivity contribution in [2.75, 3.05) is 26.2 Å². The van der Waals surface area contributed by atoms with Gasteiger partial charge >= 0.3 is 5.97 Å². The predicted octanol–water partition coefficient (Wildman–Crippen LogP) is 1.28. The number of phenols is 1. The van der Waals surface area contributed by atoms with Crippen LogP contribution in [0.5, 0.6) is 5.75 Å². The largest absolute Gasteiger partial charge is 0.507 e. The molecule has 7 nitrogen and oxygen atoms in total. The fraction of sp³-hybridized carbons (Fsp3) is 0.438. The number of benzene rings is 1. The molecule has 1 aliphatic heterocycles. The minimum absolute atomic E-state index is 0.0296. The number of halogens is 1. The first-order valence-electron chi connectivity index (χ1n) is 7.53. The van der Waals surface area contributed by atoms with Gasteiger partial charge in [0.2, 0.25) is 5.91 Å².